The summed E-state index contributed by atoms with van der Waals surface area (Å²) in [5.41, 5.74) is 0. The summed E-state index contributed by atoms with van der Waals surface area (Å²) in [6, 6.07) is 0. The number of phosphoric acid groups is 4. The Kier molecular flexibility index (Phi) is 52.5. The average Bonchev–Trinajstić information content (AvgIpc) is 2.02. The zero-order chi connectivity index (χ0) is 18.7. The van der Waals surface area contributed by atoms with Gasteiger partial charge < -0.3 is 33.9 Å². The topological polar surface area (TPSA) is 270 Å². The number of rotatable bonds is 8. The van der Waals surface area contributed by atoms with Crippen LogP contribution >= 0.6 is 31.3 Å². The van der Waals surface area contributed by atoms with Crippen LogP contribution in [0.15, 0.2) is 0 Å². The molecule has 0 spiro atoms. The van der Waals surface area contributed by atoms with Gasteiger partial charge in [0, 0.05) is 0 Å². The van der Waals surface area contributed by atoms with E-state index in [-0.39, 0.29) is 302 Å². The molecule has 30 heavy (non-hydrogen) atoms. The Balaban J connectivity index is -0.000000115. The average molecular weight is 676 g/mol. The number of hydrogen-bond donors (Lipinski definition) is 6. The van der Waals surface area contributed by atoms with E-state index in [1.165, 1.54) is 0 Å². The molecule has 3 atom stereocenters. The minimum absolute atomic E-state index is 0. The normalized spacial score (nSPS) is 15.1. The zero-order valence-electron chi connectivity index (χ0n) is 9.96. The van der Waals surface area contributed by atoms with Crippen LogP contribution in [0.25, 0.3) is 0 Å². The summed E-state index contributed by atoms with van der Waals surface area (Å²) in [7, 11) is -23.9. The fraction of sp³-hybridized carbons (Fsp3) is 0. The molecule has 3 unspecified atom stereocenters. The molecule has 0 aliphatic rings. The first-order valence-electron chi connectivity index (χ1n) is 4.25. The van der Waals surface area contributed by atoms with Crippen molar-refractivity contribution in [3.05, 3.63) is 0 Å². The molecule has 0 aromatic carbocycles. The molecular weight excluding hydrogens is 662 g/mol. The Bertz CT molecular complexity index is 685. The van der Waals surface area contributed by atoms with Crippen molar-refractivity contribution >= 4 is 346 Å². The second-order valence-corrected chi connectivity index (χ2v) is 8.91. The summed E-state index contributed by atoms with van der Waals surface area (Å²) in [4.78, 5) is 54.5. The van der Waals surface area contributed by atoms with Crippen molar-refractivity contribution in [1.82, 2.24) is 0 Å². The van der Waals surface area contributed by atoms with Crippen LogP contribution in [-0.2, 0) is 40.2 Å². The molecule has 0 fully saturated rings. The van der Waals surface area contributed by atoms with E-state index in [1.54, 1.807) is 0 Å². The monoisotopic (exact) mass is 676 g/mol. The summed E-state index contributed by atoms with van der Waals surface area (Å²) in [6.07, 6.45) is -5.09. The van der Waals surface area contributed by atoms with Crippen LogP contribution in [0, 0.1) is 0 Å². The molecule has 0 aliphatic carbocycles. The molecule has 28 heteroatoms. The second-order valence-electron chi connectivity index (χ2n) is 2.83. The summed E-state index contributed by atoms with van der Waals surface area (Å²) < 4.78 is 60.3. The third-order valence-corrected chi connectivity index (χ3v) is 6.69. The van der Waals surface area contributed by atoms with Gasteiger partial charge in [-0.25, -0.2) is 27.8 Å². The van der Waals surface area contributed by atoms with Gasteiger partial charge in [-0.05, 0) is 0 Å². The van der Waals surface area contributed by atoms with Crippen LogP contribution < -0.4 is 0 Å². The molecule has 0 heterocycles. The molecule has 0 saturated heterocycles. The van der Waals surface area contributed by atoms with E-state index in [2.05, 4.69) is 22.0 Å². The van der Waals surface area contributed by atoms with Crippen molar-refractivity contribution in [2.75, 3.05) is 0 Å². The second kappa shape index (κ2) is 26.9. The van der Waals surface area contributed by atoms with Gasteiger partial charge in [-0.3, -0.25) is 4.89 Å². The van der Waals surface area contributed by atoms with Crippen LogP contribution in [0.5, 0.6) is 0 Å². The van der Waals surface area contributed by atoms with Gasteiger partial charge in [-0.1, -0.05) is 0 Å². The first-order chi connectivity index (χ1) is 9.95. The van der Waals surface area contributed by atoms with Crippen molar-refractivity contribution in [2.45, 2.75) is 0 Å². The molecule has 0 radical (unpaired) electrons. The number of carboxylic acid groups (broad SMARTS) is 2. The predicted molar refractivity (Wildman–Crippen MR) is 112 cm³/mol. The number of hydrogen-bond acceptors (Lipinski definition) is 11. The molecule has 0 bridgehead atoms. The quantitative estimate of drug-likeness (QED) is 0.106. The van der Waals surface area contributed by atoms with Crippen molar-refractivity contribution in [2.24, 2.45) is 0 Å². The molecular formula is C2H14CaK4Na2O17P4. The van der Waals surface area contributed by atoms with Gasteiger partial charge in [0.15, 0.2) is 0 Å². The van der Waals surface area contributed by atoms with E-state index < -0.39 is 43.6 Å². The summed E-state index contributed by atoms with van der Waals surface area (Å²) >= 11 is 0. The Morgan fingerprint density at radius 2 is 0.900 bits per heavy atom. The Hall–Kier alpha value is 8.99. The molecule has 0 aromatic heterocycles. The Morgan fingerprint density at radius 1 is 0.600 bits per heavy atom. The van der Waals surface area contributed by atoms with Gasteiger partial charge in [0.25, 0.3) is 0 Å². The summed E-state index contributed by atoms with van der Waals surface area (Å²) in [5, 5.41) is 16.3. The van der Waals surface area contributed by atoms with E-state index >= 15 is 0 Å². The van der Waals surface area contributed by atoms with Gasteiger partial charge in [0.1, 0.15) is 0 Å². The Labute approximate surface area is 413 Å². The number of phosphoric ester groups is 1. The number of carbonyl (C=O) groups is 2. The predicted octanol–water partition coefficient (Wildman–Crippen LogP) is -3.98. The molecule has 0 rings (SSSR count). The third kappa shape index (κ3) is 35.0. The molecule has 17 nitrogen and oxygen atoms in total. The molecule has 152 valence electrons. The van der Waals surface area contributed by atoms with Crippen molar-refractivity contribution < 1.29 is 79.6 Å². The van der Waals surface area contributed by atoms with E-state index in [4.69, 9.17) is 29.8 Å². The van der Waals surface area contributed by atoms with Crippen LogP contribution in [0.2, 0.25) is 0 Å². The van der Waals surface area contributed by atoms with Gasteiger partial charge >= 0.3 is 346 Å². The first kappa shape index (κ1) is 58.6. The minimum atomic E-state index is -6.14. The van der Waals surface area contributed by atoms with E-state index in [1.807, 2.05) is 0 Å². The van der Waals surface area contributed by atoms with Crippen molar-refractivity contribution in [3.63, 3.8) is 0 Å². The SMILES string of the molecule is O=C(O)OP(=O)(O)OP(=O)(OC(=O)O)OP(=O)(O)OP(=O)(O)O.[CaH2].[KH].[KH].[KH].[KH].[NaH].[NaH]. The molecule has 0 amide bonds. The van der Waals surface area contributed by atoms with Crippen LogP contribution in [0.3, 0.4) is 0 Å². The molecule has 0 aromatic rings. The van der Waals surface area contributed by atoms with Crippen LogP contribution in [0.1, 0.15) is 0 Å². The van der Waals surface area contributed by atoms with Crippen LogP contribution in [0.4, 0.5) is 9.59 Å². The zero-order valence-corrected chi connectivity index (χ0v) is 13.5. The van der Waals surface area contributed by atoms with E-state index in [0.717, 1.165) is 0 Å². The van der Waals surface area contributed by atoms with Crippen molar-refractivity contribution in [1.29, 1.82) is 0 Å². The standard InChI is InChI=1S/C2H6O17P4.Ca.4K.2Na.8H/c3-1(4)15-21(10,11)18-23(14,16-2(5)6)19-22(12,13)17-20(7,8)9;;;;;;;;;;;;;;;/h(H,3,4)(H,5,6)(H,10,11)(H,12,13)(H2,7,8,9);;;;;;;;;;;;;;;. The van der Waals surface area contributed by atoms with E-state index in [9.17, 15) is 27.8 Å². The van der Waals surface area contributed by atoms with Gasteiger partial charge in [0.05, 0.1) is 0 Å². The molecule has 0 saturated carbocycles. The maximum absolute atomic E-state index is 11.6. The fourth-order valence-electron chi connectivity index (χ4n) is 0.661. The van der Waals surface area contributed by atoms with Gasteiger partial charge in [0.2, 0.25) is 0 Å². The third-order valence-electron chi connectivity index (χ3n) is 0.999. The van der Waals surface area contributed by atoms with Gasteiger partial charge in [-0.2, -0.15) is 12.9 Å². The Morgan fingerprint density at radius 3 is 1.17 bits per heavy atom. The maximum atomic E-state index is 11.6. The molecule has 6 N–H and O–H groups in total. The summed E-state index contributed by atoms with van der Waals surface area (Å²) in [6.45, 7) is 0. The van der Waals surface area contributed by atoms with E-state index in [0.29, 0.717) is 0 Å². The fourth-order valence-corrected chi connectivity index (χ4v) is 5.32. The first-order valence-corrected chi connectivity index (χ1v) is 10.2. The summed E-state index contributed by atoms with van der Waals surface area (Å²) in [5.74, 6) is 0. The van der Waals surface area contributed by atoms with Crippen molar-refractivity contribution in [3.8, 4) is 0 Å². The van der Waals surface area contributed by atoms with Gasteiger partial charge in [-0.15, -0.1) is 0 Å². The van der Waals surface area contributed by atoms with Crippen LogP contribution in [-0.4, -0.2) is 344 Å². The molecule has 0 aliphatic heterocycles.